The molecule has 1 unspecified atom stereocenters. The molecule has 0 spiro atoms. The van der Waals surface area contributed by atoms with Gasteiger partial charge in [0.25, 0.3) is 0 Å². The molecular formula is C11H15N3O5. The van der Waals surface area contributed by atoms with E-state index in [1.165, 1.54) is 17.9 Å². The van der Waals surface area contributed by atoms with Crippen molar-refractivity contribution in [2.75, 3.05) is 19.5 Å². The summed E-state index contributed by atoms with van der Waals surface area (Å²) in [4.78, 5) is 15.5. The normalized spacial score (nSPS) is 22.7. The van der Waals surface area contributed by atoms with E-state index in [1.54, 1.807) is 6.92 Å². The molecule has 0 saturated heterocycles. The van der Waals surface area contributed by atoms with E-state index in [-0.39, 0.29) is 17.3 Å². The molecule has 4 N–H and O–H groups in total. The summed E-state index contributed by atoms with van der Waals surface area (Å²) in [6.07, 6.45) is -0.342. The number of aromatic nitrogens is 2. The van der Waals surface area contributed by atoms with Gasteiger partial charge >= 0.3 is 5.69 Å². The van der Waals surface area contributed by atoms with Gasteiger partial charge in [-0.25, -0.2) is 4.79 Å². The standard InChI is InChI=1S/C11H15N3O5/c1-5-3-14(11(17)13-9(5)12)10-8(18-2)7(16)6(4-15)19-10/h3,8,10,15-16H,4H2,1-2H3,(H2,12,13,17)/t8?,10-/m1/s1. The third-order valence-corrected chi connectivity index (χ3v) is 2.92. The van der Waals surface area contributed by atoms with Crippen LogP contribution in [-0.4, -0.2) is 39.6 Å². The fourth-order valence-electron chi connectivity index (χ4n) is 1.87. The molecule has 1 aliphatic heterocycles. The number of nitrogens with zero attached hydrogens (tertiary/aromatic N) is 2. The first-order valence-corrected chi connectivity index (χ1v) is 5.57. The quantitative estimate of drug-likeness (QED) is 0.672. The van der Waals surface area contributed by atoms with Crippen LogP contribution in [0.3, 0.4) is 0 Å². The summed E-state index contributed by atoms with van der Waals surface area (Å²) >= 11 is 0. The summed E-state index contributed by atoms with van der Waals surface area (Å²) in [5, 5.41) is 18.9. The average Bonchev–Trinajstić information content (AvgIpc) is 2.70. The molecule has 8 nitrogen and oxygen atoms in total. The van der Waals surface area contributed by atoms with Crippen molar-refractivity contribution in [2.45, 2.75) is 19.3 Å². The van der Waals surface area contributed by atoms with Crippen LogP contribution >= 0.6 is 0 Å². The molecule has 0 bridgehead atoms. The van der Waals surface area contributed by atoms with Crippen LogP contribution in [0.4, 0.5) is 5.82 Å². The number of aryl methyl sites for hydroxylation is 1. The second-order valence-corrected chi connectivity index (χ2v) is 4.13. The SMILES string of the molecule is COC1C(O)=C(CO)O[C@H]1n1cc(C)c(N)nc1=O. The number of hydrogen-bond donors (Lipinski definition) is 3. The zero-order valence-electron chi connectivity index (χ0n) is 10.5. The van der Waals surface area contributed by atoms with Crippen molar-refractivity contribution in [3.05, 3.63) is 33.8 Å². The van der Waals surface area contributed by atoms with Gasteiger partial charge in [0.2, 0.25) is 6.23 Å². The topological polar surface area (TPSA) is 120 Å². The largest absolute Gasteiger partial charge is 0.506 e. The summed E-state index contributed by atoms with van der Waals surface area (Å²) in [6, 6.07) is 0. The van der Waals surface area contributed by atoms with E-state index in [0.717, 1.165) is 0 Å². The highest BCUT2D eigenvalue weighted by molar-refractivity contribution is 5.35. The molecule has 8 heteroatoms. The zero-order valence-corrected chi connectivity index (χ0v) is 10.5. The van der Waals surface area contributed by atoms with Gasteiger partial charge in [-0.2, -0.15) is 4.98 Å². The molecule has 2 heterocycles. The lowest BCUT2D eigenvalue weighted by Crippen LogP contribution is -2.34. The number of aliphatic hydroxyl groups excluding tert-OH is 2. The van der Waals surface area contributed by atoms with Crippen molar-refractivity contribution in [3.63, 3.8) is 0 Å². The molecule has 0 saturated carbocycles. The Morgan fingerprint density at radius 1 is 1.63 bits per heavy atom. The number of hydrogen-bond acceptors (Lipinski definition) is 7. The maximum atomic E-state index is 11.8. The van der Waals surface area contributed by atoms with E-state index in [4.69, 9.17) is 20.3 Å². The molecule has 2 rings (SSSR count). The van der Waals surface area contributed by atoms with Crippen LogP contribution < -0.4 is 11.4 Å². The molecule has 1 aromatic rings. The van der Waals surface area contributed by atoms with Crippen LogP contribution in [0.5, 0.6) is 0 Å². The summed E-state index contributed by atoms with van der Waals surface area (Å²) in [5.74, 6) is -0.137. The smallest absolute Gasteiger partial charge is 0.352 e. The van der Waals surface area contributed by atoms with Gasteiger partial charge in [-0.1, -0.05) is 0 Å². The Bertz CT molecular complexity index is 580. The van der Waals surface area contributed by atoms with Gasteiger partial charge in [-0.15, -0.1) is 0 Å². The molecule has 0 aromatic carbocycles. The third kappa shape index (κ3) is 2.15. The van der Waals surface area contributed by atoms with Gasteiger partial charge in [0.15, 0.2) is 17.6 Å². The molecule has 0 fully saturated rings. The van der Waals surface area contributed by atoms with Gasteiger partial charge < -0.3 is 25.4 Å². The third-order valence-electron chi connectivity index (χ3n) is 2.92. The fraction of sp³-hybridized carbons (Fsp3) is 0.455. The number of ether oxygens (including phenoxy) is 2. The molecule has 19 heavy (non-hydrogen) atoms. The van der Waals surface area contributed by atoms with Gasteiger partial charge in [-0.05, 0) is 6.92 Å². The summed E-state index contributed by atoms with van der Waals surface area (Å²) < 4.78 is 11.6. The van der Waals surface area contributed by atoms with Gasteiger partial charge in [0.05, 0.1) is 0 Å². The molecule has 1 aromatic heterocycles. The highest BCUT2D eigenvalue weighted by Crippen LogP contribution is 2.32. The van der Waals surface area contributed by atoms with E-state index in [1.807, 2.05) is 0 Å². The van der Waals surface area contributed by atoms with Crippen molar-refractivity contribution in [1.29, 1.82) is 0 Å². The predicted octanol–water partition coefficient (Wildman–Crippen LogP) is -0.560. The molecule has 0 radical (unpaired) electrons. The fourth-order valence-corrected chi connectivity index (χ4v) is 1.87. The van der Waals surface area contributed by atoms with Crippen LogP contribution in [0.2, 0.25) is 0 Å². The van der Waals surface area contributed by atoms with Crippen molar-refractivity contribution >= 4 is 5.82 Å². The molecule has 0 aliphatic carbocycles. The summed E-state index contributed by atoms with van der Waals surface area (Å²) in [6.45, 7) is 1.20. The van der Waals surface area contributed by atoms with E-state index >= 15 is 0 Å². The first kappa shape index (κ1) is 13.4. The van der Waals surface area contributed by atoms with E-state index in [2.05, 4.69) is 4.98 Å². The molecule has 1 aliphatic rings. The zero-order chi connectivity index (χ0) is 14.2. The number of aliphatic hydroxyl groups is 2. The van der Waals surface area contributed by atoms with Crippen LogP contribution in [0.15, 0.2) is 22.5 Å². The molecular weight excluding hydrogens is 254 g/mol. The van der Waals surface area contributed by atoms with Crippen LogP contribution in [0.1, 0.15) is 11.8 Å². The number of anilines is 1. The maximum absolute atomic E-state index is 11.8. The Hall–Kier alpha value is -2.06. The van der Waals surface area contributed by atoms with E-state index in [0.29, 0.717) is 5.56 Å². The van der Waals surface area contributed by atoms with E-state index in [9.17, 15) is 9.90 Å². The maximum Gasteiger partial charge on any atom is 0.352 e. The lowest BCUT2D eigenvalue weighted by molar-refractivity contribution is -0.0374. The minimum Gasteiger partial charge on any atom is -0.506 e. The number of rotatable bonds is 3. The van der Waals surface area contributed by atoms with Crippen molar-refractivity contribution in [1.82, 2.24) is 9.55 Å². The second-order valence-electron chi connectivity index (χ2n) is 4.13. The van der Waals surface area contributed by atoms with Crippen LogP contribution in [0, 0.1) is 6.92 Å². The van der Waals surface area contributed by atoms with E-state index < -0.39 is 24.6 Å². The van der Waals surface area contributed by atoms with Crippen LogP contribution in [0.25, 0.3) is 0 Å². The first-order chi connectivity index (χ1) is 8.99. The highest BCUT2D eigenvalue weighted by Gasteiger charge is 2.39. The molecule has 2 atom stereocenters. The Kier molecular flexibility index (Phi) is 3.45. The predicted molar refractivity (Wildman–Crippen MR) is 65.3 cm³/mol. The minimum absolute atomic E-state index is 0.0294. The second kappa shape index (κ2) is 4.90. The summed E-state index contributed by atoms with van der Waals surface area (Å²) in [5.41, 5.74) is 5.51. The van der Waals surface area contributed by atoms with Crippen molar-refractivity contribution in [3.8, 4) is 0 Å². The van der Waals surface area contributed by atoms with Gasteiger partial charge in [0.1, 0.15) is 12.4 Å². The Morgan fingerprint density at radius 2 is 2.32 bits per heavy atom. The monoisotopic (exact) mass is 269 g/mol. The number of methoxy groups -OCH3 is 1. The van der Waals surface area contributed by atoms with Gasteiger partial charge in [-0.3, -0.25) is 4.57 Å². The molecule has 104 valence electrons. The first-order valence-electron chi connectivity index (χ1n) is 5.57. The minimum atomic E-state index is -0.925. The van der Waals surface area contributed by atoms with Crippen molar-refractivity contribution < 1.29 is 19.7 Å². The average molecular weight is 269 g/mol. The molecule has 0 amide bonds. The Morgan fingerprint density at radius 3 is 2.89 bits per heavy atom. The highest BCUT2D eigenvalue weighted by atomic mass is 16.6. The van der Waals surface area contributed by atoms with Crippen molar-refractivity contribution in [2.24, 2.45) is 0 Å². The Balaban J connectivity index is 2.44. The van der Waals surface area contributed by atoms with Crippen LogP contribution in [-0.2, 0) is 9.47 Å². The summed E-state index contributed by atoms with van der Waals surface area (Å²) in [7, 11) is 1.36. The number of nitrogens with two attached hydrogens (primary N) is 1. The Labute approximate surface area is 108 Å². The number of nitrogen functional groups attached to an aromatic ring is 1. The van der Waals surface area contributed by atoms with Gasteiger partial charge in [0, 0.05) is 18.9 Å². The lowest BCUT2D eigenvalue weighted by Gasteiger charge is -2.20. The lowest BCUT2D eigenvalue weighted by atomic mass is 10.2.